The summed E-state index contributed by atoms with van der Waals surface area (Å²) in [4.78, 5) is 12.5. The first-order valence-corrected chi connectivity index (χ1v) is 8.97. The summed E-state index contributed by atoms with van der Waals surface area (Å²) in [6.45, 7) is 7.24. The number of amides is 1. The minimum Gasteiger partial charge on any atom is -0.337 e. The molecule has 0 aliphatic carbocycles. The first-order chi connectivity index (χ1) is 11.8. The Labute approximate surface area is 155 Å². The summed E-state index contributed by atoms with van der Waals surface area (Å²) in [5, 5.41) is 24.4. The monoisotopic (exact) mass is 378 g/mol. The Bertz CT molecular complexity index is 785. The summed E-state index contributed by atoms with van der Waals surface area (Å²) in [5.41, 5.74) is -0.179. The summed E-state index contributed by atoms with van der Waals surface area (Å²) in [6, 6.07) is 9.23. The Hall–Kier alpha value is -2.11. The molecule has 0 saturated carbocycles. The fourth-order valence-electron chi connectivity index (χ4n) is 1.87. The van der Waals surface area contributed by atoms with Crippen molar-refractivity contribution in [3.63, 3.8) is 0 Å². The Balaban J connectivity index is 2.13. The normalized spacial score (nSPS) is 14.6. The van der Waals surface area contributed by atoms with Crippen LogP contribution in [0, 0.1) is 17.2 Å². The predicted molar refractivity (Wildman–Crippen MR) is 96.5 cm³/mol. The average molecular weight is 379 g/mol. The first kappa shape index (κ1) is 19.2. The quantitative estimate of drug-likeness (QED) is 0.776. The molecular weight excluding hydrogens is 360 g/mol. The van der Waals surface area contributed by atoms with Crippen molar-refractivity contribution < 1.29 is 4.79 Å². The summed E-state index contributed by atoms with van der Waals surface area (Å²) in [5.74, 6) is -0.258. The summed E-state index contributed by atoms with van der Waals surface area (Å²) >= 11 is 7.11. The zero-order chi connectivity index (χ0) is 18.6. The van der Waals surface area contributed by atoms with Gasteiger partial charge in [0.25, 0.3) is 0 Å². The number of tetrazole rings is 1. The molecule has 2 aromatic rings. The number of nitrogens with zero attached hydrogens (tertiary/aromatic N) is 5. The van der Waals surface area contributed by atoms with E-state index in [1.54, 1.807) is 38.1 Å². The van der Waals surface area contributed by atoms with E-state index in [1.165, 1.54) is 16.4 Å². The molecule has 1 aromatic heterocycles. The molecule has 0 saturated heterocycles. The van der Waals surface area contributed by atoms with Crippen molar-refractivity contribution in [2.24, 2.45) is 5.92 Å². The van der Waals surface area contributed by atoms with E-state index in [9.17, 15) is 10.1 Å². The number of hydrogen-bond acceptors (Lipinski definition) is 6. The maximum Gasteiger partial charge on any atom is 0.234 e. The van der Waals surface area contributed by atoms with E-state index in [0.717, 1.165) is 5.69 Å². The molecule has 1 amide bonds. The van der Waals surface area contributed by atoms with Gasteiger partial charge in [-0.1, -0.05) is 37.2 Å². The number of aromatic nitrogens is 4. The molecule has 132 valence electrons. The molecule has 9 heteroatoms. The van der Waals surface area contributed by atoms with Gasteiger partial charge in [0.1, 0.15) is 5.54 Å². The fourth-order valence-corrected chi connectivity index (χ4v) is 2.80. The van der Waals surface area contributed by atoms with E-state index < -0.39 is 10.8 Å². The second-order valence-electron chi connectivity index (χ2n) is 6.07. The highest BCUT2D eigenvalue weighted by atomic mass is 35.5. The highest BCUT2D eigenvalue weighted by Gasteiger charge is 2.32. The van der Waals surface area contributed by atoms with Crippen molar-refractivity contribution in [3.8, 4) is 11.8 Å². The van der Waals surface area contributed by atoms with Gasteiger partial charge >= 0.3 is 0 Å². The first-order valence-electron chi connectivity index (χ1n) is 7.71. The van der Waals surface area contributed by atoms with Crippen LogP contribution in [0.2, 0.25) is 5.02 Å². The summed E-state index contributed by atoms with van der Waals surface area (Å²) < 4.78 is 1.54. The maximum atomic E-state index is 12.5. The number of rotatable bonds is 6. The lowest BCUT2D eigenvalue weighted by atomic mass is 9.90. The lowest BCUT2D eigenvalue weighted by Gasteiger charge is -2.28. The minimum atomic E-state index is -0.923. The van der Waals surface area contributed by atoms with Crippen molar-refractivity contribution in [1.82, 2.24) is 25.5 Å². The van der Waals surface area contributed by atoms with Crippen LogP contribution in [-0.4, -0.2) is 36.9 Å². The molecule has 1 heterocycles. The molecule has 0 fully saturated rings. The molecule has 1 N–H and O–H groups in total. The molecule has 0 radical (unpaired) electrons. The third-order valence-corrected chi connectivity index (χ3v) is 5.22. The molecule has 7 nitrogen and oxygen atoms in total. The number of nitrogens with one attached hydrogen (secondary N) is 1. The van der Waals surface area contributed by atoms with Gasteiger partial charge in [0, 0.05) is 5.02 Å². The number of carbonyl (C=O) groups is 1. The van der Waals surface area contributed by atoms with Crippen LogP contribution in [0.5, 0.6) is 0 Å². The van der Waals surface area contributed by atoms with Gasteiger partial charge in [-0.2, -0.15) is 9.94 Å². The molecular formula is C16H19ClN6OS. The van der Waals surface area contributed by atoms with Gasteiger partial charge in [0.2, 0.25) is 11.1 Å². The van der Waals surface area contributed by atoms with E-state index in [0.29, 0.717) is 10.2 Å². The van der Waals surface area contributed by atoms with E-state index in [2.05, 4.69) is 26.9 Å². The summed E-state index contributed by atoms with van der Waals surface area (Å²) in [6.07, 6.45) is 0. The van der Waals surface area contributed by atoms with Crippen LogP contribution in [0.15, 0.2) is 29.4 Å². The number of carbonyl (C=O) groups excluding carboxylic acids is 1. The second kappa shape index (κ2) is 7.85. The Kier molecular flexibility index (Phi) is 6.03. The average Bonchev–Trinajstić information content (AvgIpc) is 3.03. The number of hydrogen-bond donors (Lipinski definition) is 1. The summed E-state index contributed by atoms with van der Waals surface area (Å²) in [7, 11) is 0. The van der Waals surface area contributed by atoms with E-state index in [-0.39, 0.29) is 11.8 Å². The standard InChI is InChI=1S/C16H19ClN6OS/c1-10(2)16(4,9-18)19-14(24)11(3)25-15-20-21-22-23(15)13-7-5-12(17)6-8-13/h5-8,10-11H,1-4H3,(H,19,24)/t11-,16+/m1/s1. The number of nitriles is 1. The minimum absolute atomic E-state index is 0.0157. The smallest absolute Gasteiger partial charge is 0.234 e. The maximum absolute atomic E-state index is 12.5. The van der Waals surface area contributed by atoms with Gasteiger partial charge in [-0.15, -0.1) is 5.10 Å². The molecule has 1 aromatic carbocycles. The van der Waals surface area contributed by atoms with Crippen LogP contribution >= 0.6 is 23.4 Å². The molecule has 0 bridgehead atoms. The van der Waals surface area contributed by atoms with E-state index >= 15 is 0 Å². The third kappa shape index (κ3) is 4.50. The van der Waals surface area contributed by atoms with Crippen LogP contribution in [0.3, 0.4) is 0 Å². The SMILES string of the molecule is CC(C)[C@](C)(C#N)NC(=O)[C@@H](C)Sc1nnnn1-c1ccc(Cl)cc1. The molecule has 0 aliphatic heterocycles. The van der Waals surface area contributed by atoms with Gasteiger partial charge in [-0.3, -0.25) is 4.79 Å². The lowest BCUT2D eigenvalue weighted by Crippen LogP contribution is -2.51. The van der Waals surface area contributed by atoms with Crippen molar-refractivity contribution in [2.75, 3.05) is 0 Å². The van der Waals surface area contributed by atoms with Gasteiger partial charge in [0.05, 0.1) is 17.0 Å². The topological polar surface area (TPSA) is 96.5 Å². The molecule has 2 rings (SSSR count). The predicted octanol–water partition coefficient (Wildman–Crippen LogP) is 2.85. The zero-order valence-corrected chi connectivity index (χ0v) is 16.0. The number of halogens is 1. The lowest BCUT2D eigenvalue weighted by molar-refractivity contribution is -0.121. The van der Waals surface area contributed by atoms with Crippen LogP contribution in [0.25, 0.3) is 5.69 Å². The van der Waals surface area contributed by atoms with Gasteiger partial charge in [0.15, 0.2) is 0 Å². The number of thioether (sulfide) groups is 1. The highest BCUT2D eigenvalue weighted by Crippen LogP contribution is 2.25. The van der Waals surface area contributed by atoms with Crippen LogP contribution < -0.4 is 5.32 Å². The van der Waals surface area contributed by atoms with Gasteiger partial charge < -0.3 is 5.32 Å². The molecule has 2 atom stereocenters. The molecule has 0 spiro atoms. The second-order valence-corrected chi connectivity index (χ2v) is 7.81. The fraction of sp³-hybridized carbons (Fsp3) is 0.438. The number of benzene rings is 1. The van der Waals surface area contributed by atoms with E-state index in [4.69, 9.17) is 11.6 Å². The Morgan fingerprint density at radius 3 is 2.56 bits per heavy atom. The molecule has 0 aliphatic rings. The molecule has 25 heavy (non-hydrogen) atoms. The van der Waals surface area contributed by atoms with Gasteiger partial charge in [-0.25, -0.2) is 0 Å². The third-order valence-electron chi connectivity index (χ3n) is 3.93. The van der Waals surface area contributed by atoms with Crippen molar-refractivity contribution in [2.45, 2.75) is 43.6 Å². The zero-order valence-electron chi connectivity index (χ0n) is 14.4. The molecule has 0 unspecified atom stereocenters. The Morgan fingerprint density at radius 2 is 2.00 bits per heavy atom. The van der Waals surface area contributed by atoms with Crippen LogP contribution in [-0.2, 0) is 4.79 Å². The highest BCUT2D eigenvalue weighted by molar-refractivity contribution is 8.00. The van der Waals surface area contributed by atoms with Crippen molar-refractivity contribution in [1.29, 1.82) is 5.26 Å². The van der Waals surface area contributed by atoms with Gasteiger partial charge in [-0.05, 0) is 54.5 Å². The largest absolute Gasteiger partial charge is 0.337 e. The van der Waals surface area contributed by atoms with Crippen LogP contribution in [0.1, 0.15) is 27.7 Å². The van der Waals surface area contributed by atoms with Crippen molar-refractivity contribution >= 4 is 29.3 Å². The van der Waals surface area contributed by atoms with Crippen LogP contribution in [0.4, 0.5) is 0 Å². The van der Waals surface area contributed by atoms with E-state index in [1.807, 2.05) is 13.8 Å². The van der Waals surface area contributed by atoms with Crippen molar-refractivity contribution in [3.05, 3.63) is 29.3 Å². The Morgan fingerprint density at radius 1 is 1.36 bits per heavy atom.